The topological polar surface area (TPSA) is 46.0 Å². The van der Waals surface area contributed by atoms with E-state index in [-0.39, 0.29) is 0 Å². The highest BCUT2D eigenvalue weighted by Gasteiger charge is 2.32. The van der Waals surface area contributed by atoms with Gasteiger partial charge in [0.25, 0.3) is 0 Å². The Morgan fingerprint density at radius 3 is 2.56 bits per heavy atom. The van der Waals surface area contributed by atoms with Gasteiger partial charge >= 0.3 is 6.18 Å². The largest absolute Gasteiger partial charge is 0.416 e. The second-order valence-corrected chi connectivity index (χ2v) is 10.4. The molecule has 3 heterocycles. The molecular formula is C28H34F3N5. The van der Waals surface area contributed by atoms with E-state index in [4.69, 9.17) is 0 Å². The number of aromatic nitrogens is 3. The molecule has 5 rings (SSSR count). The zero-order valence-electron chi connectivity index (χ0n) is 20.7. The Morgan fingerprint density at radius 1 is 1.00 bits per heavy atom. The van der Waals surface area contributed by atoms with Crippen LogP contribution in [0.4, 0.5) is 24.7 Å². The third kappa shape index (κ3) is 5.85. The number of nitrogens with one attached hydrogen (secondary N) is 1. The number of benzene rings is 1. The molecular weight excluding hydrogens is 463 g/mol. The molecule has 2 aromatic heterocycles. The van der Waals surface area contributed by atoms with Crippen LogP contribution in [-0.2, 0) is 13.2 Å². The van der Waals surface area contributed by atoms with E-state index >= 15 is 0 Å². The lowest BCUT2D eigenvalue weighted by Gasteiger charge is -2.39. The Bertz CT molecular complexity index is 1140. The van der Waals surface area contributed by atoms with Crippen LogP contribution in [0, 0.1) is 11.8 Å². The first-order valence-corrected chi connectivity index (χ1v) is 13.0. The van der Waals surface area contributed by atoms with Gasteiger partial charge < -0.3 is 10.2 Å². The van der Waals surface area contributed by atoms with Crippen LogP contribution in [0.3, 0.4) is 0 Å². The molecule has 0 radical (unpaired) electrons. The number of piperidine rings is 1. The molecule has 1 aliphatic carbocycles. The summed E-state index contributed by atoms with van der Waals surface area (Å²) in [5, 5.41) is 8.02. The number of pyridine rings is 1. The van der Waals surface area contributed by atoms with Gasteiger partial charge in [0.05, 0.1) is 11.8 Å². The summed E-state index contributed by atoms with van der Waals surface area (Å²) < 4.78 is 40.7. The smallest absolute Gasteiger partial charge is 0.371 e. The molecule has 0 spiro atoms. The highest BCUT2D eigenvalue weighted by atomic mass is 19.4. The number of nitrogens with zero attached hydrogens (tertiary/aromatic N) is 4. The van der Waals surface area contributed by atoms with Crippen molar-refractivity contribution in [2.75, 3.05) is 23.3 Å². The monoisotopic (exact) mass is 497 g/mol. The van der Waals surface area contributed by atoms with Crippen molar-refractivity contribution in [3.05, 3.63) is 60.6 Å². The first kappa shape index (κ1) is 24.7. The fraction of sp³-hybridized carbons (Fsp3) is 0.500. The van der Waals surface area contributed by atoms with Gasteiger partial charge in [-0.1, -0.05) is 12.8 Å². The van der Waals surface area contributed by atoms with Crippen LogP contribution in [0.15, 0.2) is 55.0 Å². The average molecular weight is 498 g/mol. The zero-order chi connectivity index (χ0) is 25.1. The van der Waals surface area contributed by atoms with Gasteiger partial charge in [0.1, 0.15) is 5.82 Å². The molecule has 2 aliphatic rings. The van der Waals surface area contributed by atoms with Crippen molar-refractivity contribution in [2.24, 2.45) is 18.9 Å². The maximum absolute atomic E-state index is 13.0. The molecule has 3 aromatic rings. The molecule has 1 aromatic carbocycles. The minimum Gasteiger partial charge on any atom is -0.371 e. The highest BCUT2D eigenvalue weighted by Crippen LogP contribution is 2.36. The van der Waals surface area contributed by atoms with E-state index in [0.29, 0.717) is 17.9 Å². The van der Waals surface area contributed by atoms with Gasteiger partial charge in [0.15, 0.2) is 0 Å². The van der Waals surface area contributed by atoms with Gasteiger partial charge in [0.2, 0.25) is 0 Å². The van der Waals surface area contributed by atoms with Gasteiger partial charge in [-0.25, -0.2) is 4.98 Å². The molecule has 8 heteroatoms. The fourth-order valence-electron chi connectivity index (χ4n) is 5.91. The second-order valence-electron chi connectivity index (χ2n) is 10.4. The summed E-state index contributed by atoms with van der Waals surface area (Å²) in [6.07, 6.45) is 9.64. The summed E-state index contributed by atoms with van der Waals surface area (Å²) in [5.74, 6) is 2.02. The summed E-state index contributed by atoms with van der Waals surface area (Å²) in [6, 6.07) is 10.2. The fourth-order valence-corrected chi connectivity index (χ4v) is 5.91. The van der Waals surface area contributed by atoms with Crippen molar-refractivity contribution in [3.8, 4) is 11.1 Å². The molecule has 36 heavy (non-hydrogen) atoms. The third-order valence-electron chi connectivity index (χ3n) is 7.76. The van der Waals surface area contributed by atoms with Gasteiger partial charge in [-0.2, -0.15) is 18.3 Å². The number of aryl methyl sites for hydroxylation is 1. The molecule has 0 unspecified atom stereocenters. The number of hydrogen-bond donors (Lipinski definition) is 1. The number of halogens is 3. The summed E-state index contributed by atoms with van der Waals surface area (Å²) in [7, 11) is 1.92. The van der Waals surface area contributed by atoms with Crippen LogP contribution in [0.25, 0.3) is 11.1 Å². The lowest BCUT2D eigenvalue weighted by Crippen LogP contribution is -2.39. The van der Waals surface area contributed by atoms with E-state index < -0.39 is 11.7 Å². The van der Waals surface area contributed by atoms with Crippen LogP contribution in [-0.4, -0.2) is 33.9 Å². The summed E-state index contributed by atoms with van der Waals surface area (Å²) in [4.78, 5) is 6.86. The van der Waals surface area contributed by atoms with Crippen LogP contribution in [0.5, 0.6) is 0 Å². The second kappa shape index (κ2) is 10.5. The Morgan fingerprint density at radius 2 is 1.81 bits per heavy atom. The van der Waals surface area contributed by atoms with Crippen molar-refractivity contribution in [3.63, 3.8) is 0 Å². The van der Waals surface area contributed by atoms with Crippen molar-refractivity contribution in [1.29, 1.82) is 0 Å². The van der Waals surface area contributed by atoms with E-state index in [9.17, 15) is 13.2 Å². The predicted octanol–water partition coefficient (Wildman–Crippen LogP) is 6.78. The molecule has 5 nitrogen and oxygen atoms in total. The molecule has 1 N–H and O–H groups in total. The summed E-state index contributed by atoms with van der Waals surface area (Å²) >= 11 is 0. The molecule has 1 saturated heterocycles. The van der Waals surface area contributed by atoms with Crippen molar-refractivity contribution in [2.45, 2.75) is 57.2 Å². The predicted molar refractivity (Wildman–Crippen MR) is 137 cm³/mol. The van der Waals surface area contributed by atoms with Crippen LogP contribution < -0.4 is 10.2 Å². The van der Waals surface area contributed by atoms with E-state index in [0.717, 1.165) is 55.0 Å². The van der Waals surface area contributed by atoms with Crippen LogP contribution in [0.2, 0.25) is 0 Å². The minimum atomic E-state index is -4.29. The molecule has 1 aliphatic heterocycles. The van der Waals surface area contributed by atoms with Crippen LogP contribution in [0.1, 0.15) is 50.5 Å². The summed E-state index contributed by atoms with van der Waals surface area (Å²) in [6.45, 7) is 1.81. The number of rotatable bonds is 6. The zero-order valence-corrected chi connectivity index (χ0v) is 20.7. The third-order valence-corrected chi connectivity index (χ3v) is 7.76. The summed E-state index contributed by atoms with van der Waals surface area (Å²) in [5.41, 5.74) is 2.49. The number of alkyl halides is 3. The lowest BCUT2D eigenvalue weighted by atomic mass is 9.77. The average Bonchev–Trinajstić information content (AvgIpc) is 3.31. The van der Waals surface area contributed by atoms with E-state index in [1.54, 1.807) is 16.8 Å². The molecule has 0 amide bonds. The highest BCUT2D eigenvalue weighted by molar-refractivity contribution is 5.65. The molecule has 2 fully saturated rings. The first-order valence-electron chi connectivity index (χ1n) is 13.0. The van der Waals surface area contributed by atoms with Gasteiger partial charge in [-0.05, 0) is 85.9 Å². The number of hydrogen-bond acceptors (Lipinski definition) is 4. The SMILES string of the molecule is Cn1cc(-c2ccnc(N[C@@H]3CCCC[C@H]3C[C@H]3CCCN(c4ccc(C(F)(F)F)cc4)C3)c2)cn1. The number of anilines is 2. The maximum atomic E-state index is 13.0. The van der Waals surface area contributed by atoms with E-state index in [2.05, 4.69) is 26.4 Å². The lowest BCUT2D eigenvalue weighted by molar-refractivity contribution is -0.137. The molecule has 0 bridgehead atoms. The van der Waals surface area contributed by atoms with Gasteiger partial charge in [0, 0.05) is 49.8 Å². The standard InChI is InChI=1S/C28H34F3N5/c1-35-19-23(17-33-35)21-12-13-32-27(16-21)34-26-7-3-2-6-22(26)15-20-5-4-14-36(18-20)25-10-8-24(9-11-25)28(29,30)31/h8-13,16-17,19-20,22,26H,2-7,14-15,18H2,1H3,(H,32,34)/t20-,22+,26-/m1/s1. The van der Waals surface area contributed by atoms with Gasteiger partial charge in [-0.15, -0.1) is 0 Å². The van der Waals surface area contributed by atoms with Crippen molar-refractivity contribution >= 4 is 11.5 Å². The molecule has 192 valence electrons. The van der Waals surface area contributed by atoms with E-state index in [1.807, 2.05) is 31.7 Å². The normalized spacial score (nSPS) is 23.0. The van der Waals surface area contributed by atoms with E-state index in [1.165, 1.54) is 37.8 Å². The Hall–Kier alpha value is -3.03. The van der Waals surface area contributed by atoms with Crippen molar-refractivity contribution < 1.29 is 13.2 Å². The first-order chi connectivity index (χ1) is 17.3. The van der Waals surface area contributed by atoms with Gasteiger partial charge in [-0.3, -0.25) is 4.68 Å². The Balaban J connectivity index is 1.23. The van der Waals surface area contributed by atoms with Crippen molar-refractivity contribution in [1.82, 2.24) is 14.8 Å². The Kier molecular flexibility index (Phi) is 7.21. The Labute approximate surface area is 210 Å². The molecule has 3 atom stereocenters. The maximum Gasteiger partial charge on any atom is 0.416 e. The quantitative estimate of drug-likeness (QED) is 0.408. The van der Waals surface area contributed by atoms with Crippen LogP contribution >= 0.6 is 0 Å². The molecule has 1 saturated carbocycles. The minimum absolute atomic E-state index is 0.386.